The summed E-state index contributed by atoms with van der Waals surface area (Å²) in [5.41, 5.74) is 5.58. The standard InChI is InChI=1S/C13H10Cl2F2N4O2/c14-7-1-2-9(23-13(16)17)6(3-7)5-19-12-8(11(18)22)4-10(15)20-21-12/h1-4,13H,5H2,(H2,18,22)(H,19,21). The van der Waals surface area contributed by atoms with Crippen molar-refractivity contribution in [3.05, 3.63) is 45.6 Å². The Hall–Kier alpha value is -2.19. The summed E-state index contributed by atoms with van der Waals surface area (Å²) in [6, 6.07) is 5.42. The van der Waals surface area contributed by atoms with Crippen molar-refractivity contribution in [1.82, 2.24) is 10.2 Å². The van der Waals surface area contributed by atoms with Crippen molar-refractivity contribution in [3.8, 4) is 5.75 Å². The first-order chi connectivity index (χ1) is 10.9. The lowest BCUT2D eigenvalue weighted by Crippen LogP contribution is -2.16. The predicted octanol–water partition coefficient (Wildman–Crippen LogP) is 3.10. The summed E-state index contributed by atoms with van der Waals surface area (Å²) in [6.07, 6.45) is 0. The second-order valence-corrected chi connectivity index (χ2v) is 5.10. The van der Waals surface area contributed by atoms with Gasteiger partial charge in [0.25, 0.3) is 5.91 Å². The fourth-order valence-corrected chi connectivity index (χ4v) is 2.10. The Bertz CT molecular complexity index is 731. The van der Waals surface area contributed by atoms with Crippen LogP contribution < -0.4 is 15.8 Å². The summed E-state index contributed by atoms with van der Waals surface area (Å²) in [5.74, 6) is -0.760. The van der Waals surface area contributed by atoms with E-state index in [1.54, 1.807) is 0 Å². The molecular weight excluding hydrogens is 353 g/mol. The quantitative estimate of drug-likeness (QED) is 0.823. The van der Waals surface area contributed by atoms with Crippen LogP contribution >= 0.6 is 23.2 Å². The highest BCUT2D eigenvalue weighted by molar-refractivity contribution is 6.30. The van der Waals surface area contributed by atoms with Gasteiger partial charge in [0.05, 0.1) is 5.56 Å². The van der Waals surface area contributed by atoms with Crippen LogP contribution in [0, 0.1) is 0 Å². The lowest BCUT2D eigenvalue weighted by atomic mass is 10.2. The van der Waals surface area contributed by atoms with Crippen molar-refractivity contribution in [1.29, 1.82) is 0 Å². The highest BCUT2D eigenvalue weighted by Gasteiger charge is 2.14. The van der Waals surface area contributed by atoms with E-state index in [9.17, 15) is 13.6 Å². The number of primary amides is 1. The number of halogens is 4. The number of nitrogens with two attached hydrogens (primary N) is 1. The molecule has 0 aliphatic heterocycles. The van der Waals surface area contributed by atoms with Crippen LogP contribution in [0.25, 0.3) is 0 Å². The molecule has 2 rings (SSSR count). The van der Waals surface area contributed by atoms with Crippen LogP contribution in [0.3, 0.4) is 0 Å². The first-order valence-corrected chi connectivity index (χ1v) is 6.92. The Balaban J connectivity index is 2.24. The third kappa shape index (κ3) is 4.64. The van der Waals surface area contributed by atoms with Crippen LogP contribution in [0.1, 0.15) is 15.9 Å². The van der Waals surface area contributed by atoms with Crippen LogP contribution in [-0.2, 0) is 6.54 Å². The molecule has 1 aromatic carbocycles. The number of hydrogen-bond donors (Lipinski definition) is 2. The average Bonchev–Trinajstić information content (AvgIpc) is 2.47. The van der Waals surface area contributed by atoms with Crippen LogP contribution in [0.4, 0.5) is 14.6 Å². The van der Waals surface area contributed by atoms with Crippen molar-refractivity contribution in [2.45, 2.75) is 13.2 Å². The number of carbonyl (C=O) groups is 1. The molecule has 6 nitrogen and oxygen atoms in total. The van der Waals surface area contributed by atoms with Gasteiger partial charge in [0.1, 0.15) is 5.75 Å². The Kier molecular flexibility index (Phi) is 5.51. The topological polar surface area (TPSA) is 90.1 Å². The van der Waals surface area contributed by atoms with Gasteiger partial charge in [-0.15, -0.1) is 10.2 Å². The molecule has 0 aliphatic carbocycles. The maximum Gasteiger partial charge on any atom is 0.387 e. The largest absolute Gasteiger partial charge is 0.434 e. The molecule has 1 heterocycles. The SMILES string of the molecule is NC(=O)c1cc(Cl)nnc1NCc1cc(Cl)ccc1OC(F)F. The average molecular weight is 363 g/mol. The number of rotatable bonds is 6. The van der Waals surface area contributed by atoms with Gasteiger partial charge >= 0.3 is 6.61 Å². The van der Waals surface area contributed by atoms with Gasteiger partial charge in [0.2, 0.25) is 0 Å². The summed E-state index contributed by atoms with van der Waals surface area (Å²) >= 11 is 11.5. The molecule has 0 radical (unpaired) electrons. The zero-order valence-electron chi connectivity index (χ0n) is 11.4. The van der Waals surface area contributed by atoms with Crippen LogP contribution in [0.5, 0.6) is 5.75 Å². The molecule has 23 heavy (non-hydrogen) atoms. The smallest absolute Gasteiger partial charge is 0.387 e. The number of amides is 1. The van der Waals surface area contributed by atoms with E-state index in [1.807, 2.05) is 0 Å². The number of ether oxygens (including phenoxy) is 1. The van der Waals surface area contributed by atoms with Gasteiger partial charge in [-0.2, -0.15) is 8.78 Å². The summed E-state index contributed by atoms with van der Waals surface area (Å²) in [5, 5.41) is 10.4. The number of anilines is 1. The van der Waals surface area contributed by atoms with Gasteiger partial charge in [0, 0.05) is 17.1 Å². The molecule has 0 unspecified atom stereocenters. The highest BCUT2D eigenvalue weighted by atomic mass is 35.5. The zero-order chi connectivity index (χ0) is 17.0. The number of nitrogens with zero attached hydrogens (tertiary/aromatic N) is 2. The molecule has 122 valence electrons. The molecule has 10 heteroatoms. The molecule has 1 aromatic heterocycles. The Morgan fingerprint density at radius 1 is 1.30 bits per heavy atom. The minimum absolute atomic E-state index is 0.000788. The van der Waals surface area contributed by atoms with Gasteiger partial charge < -0.3 is 15.8 Å². The van der Waals surface area contributed by atoms with Crippen molar-refractivity contribution in [2.75, 3.05) is 5.32 Å². The molecule has 3 N–H and O–H groups in total. The molecular formula is C13H10Cl2F2N4O2. The molecule has 0 saturated carbocycles. The van der Waals surface area contributed by atoms with E-state index in [-0.39, 0.29) is 28.8 Å². The second-order valence-electron chi connectivity index (χ2n) is 4.28. The fourth-order valence-electron chi connectivity index (χ4n) is 1.76. The van der Waals surface area contributed by atoms with Crippen LogP contribution in [-0.4, -0.2) is 22.7 Å². The van der Waals surface area contributed by atoms with E-state index < -0.39 is 12.5 Å². The Morgan fingerprint density at radius 2 is 2.04 bits per heavy atom. The molecule has 0 bridgehead atoms. The molecule has 0 spiro atoms. The number of hydrogen-bond acceptors (Lipinski definition) is 5. The predicted molar refractivity (Wildman–Crippen MR) is 81.0 cm³/mol. The number of alkyl halides is 2. The summed E-state index contributed by atoms with van der Waals surface area (Å²) < 4.78 is 29.2. The third-order valence-electron chi connectivity index (χ3n) is 2.71. The van der Waals surface area contributed by atoms with Crippen LogP contribution in [0.15, 0.2) is 24.3 Å². The van der Waals surface area contributed by atoms with Gasteiger partial charge in [-0.1, -0.05) is 23.2 Å². The third-order valence-corrected chi connectivity index (χ3v) is 3.13. The summed E-state index contributed by atoms with van der Waals surface area (Å²) in [4.78, 5) is 11.4. The number of benzene rings is 1. The van der Waals surface area contributed by atoms with Gasteiger partial charge in [-0.05, 0) is 24.3 Å². The number of aromatic nitrogens is 2. The molecule has 0 saturated heterocycles. The second kappa shape index (κ2) is 7.38. The zero-order valence-corrected chi connectivity index (χ0v) is 12.9. The lowest BCUT2D eigenvalue weighted by molar-refractivity contribution is -0.0504. The van der Waals surface area contributed by atoms with E-state index in [2.05, 4.69) is 20.3 Å². The monoisotopic (exact) mass is 362 g/mol. The molecule has 0 fully saturated rings. The Labute approximate surface area is 139 Å². The first kappa shape index (κ1) is 17.2. The van der Waals surface area contributed by atoms with Crippen molar-refractivity contribution < 1.29 is 18.3 Å². The van der Waals surface area contributed by atoms with E-state index in [0.717, 1.165) is 0 Å². The summed E-state index contributed by atoms with van der Waals surface area (Å²) in [6.45, 7) is -2.98. The van der Waals surface area contributed by atoms with E-state index in [4.69, 9.17) is 28.9 Å². The van der Waals surface area contributed by atoms with Crippen molar-refractivity contribution in [2.24, 2.45) is 5.73 Å². The van der Waals surface area contributed by atoms with Gasteiger partial charge in [-0.3, -0.25) is 4.79 Å². The fraction of sp³-hybridized carbons (Fsp3) is 0.154. The summed E-state index contributed by atoms with van der Waals surface area (Å²) in [7, 11) is 0. The van der Waals surface area contributed by atoms with Gasteiger partial charge in [-0.25, -0.2) is 0 Å². The van der Waals surface area contributed by atoms with Crippen molar-refractivity contribution in [3.63, 3.8) is 0 Å². The van der Waals surface area contributed by atoms with Crippen molar-refractivity contribution >= 4 is 34.9 Å². The molecule has 0 aliphatic rings. The minimum Gasteiger partial charge on any atom is -0.434 e. The molecule has 0 atom stereocenters. The lowest BCUT2D eigenvalue weighted by Gasteiger charge is -2.13. The highest BCUT2D eigenvalue weighted by Crippen LogP contribution is 2.26. The number of carbonyl (C=O) groups excluding carboxylic acids is 1. The molecule has 1 amide bonds. The van der Waals surface area contributed by atoms with E-state index in [1.165, 1.54) is 24.3 Å². The van der Waals surface area contributed by atoms with Gasteiger partial charge in [0.15, 0.2) is 11.0 Å². The first-order valence-electron chi connectivity index (χ1n) is 6.17. The van der Waals surface area contributed by atoms with Crippen LogP contribution in [0.2, 0.25) is 10.2 Å². The van der Waals surface area contributed by atoms with E-state index in [0.29, 0.717) is 10.6 Å². The minimum atomic E-state index is -2.98. The maximum absolute atomic E-state index is 12.4. The van der Waals surface area contributed by atoms with E-state index >= 15 is 0 Å². The number of nitrogens with one attached hydrogen (secondary N) is 1. The molecule has 2 aromatic rings. The Morgan fingerprint density at radius 3 is 2.70 bits per heavy atom. The maximum atomic E-state index is 12.4. The normalized spacial score (nSPS) is 10.7.